The highest BCUT2D eigenvalue weighted by Crippen LogP contribution is 2.57. The van der Waals surface area contributed by atoms with Gasteiger partial charge in [-0.2, -0.15) is 0 Å². The predicted molar refractivity (Wildman–Crippen MR) is 161 cm³/mol. The largest absolute Gasteiger partial charge is 0.481 e. The highest BCUT2D eigenvalue weighted by Gasteiger charge is 2.53. The summed E-state index contributed by atoms with van der Waals surface area (Å²) in [6.45, 7) is 26.5. The Hall–Kier alpha value is -1.36. The number of amides is 1. The molecule has 0 spiro atoms. The van der Waals surface area contributed by atoms with E-state index in [4.69, 9.17) is 4.74 Å². The van der Waals surface area contributed by atoms with Crippen LogP contribution in [-0.2, 0) is 14.3 Å². The smallest absolute Gasteiger partial charge is 0.307 e. The predicted octanol–water partition coefficient (Wildman–Crippen LogP) is 8.81. The molecule has 2 unspecified atom stereocenters. The SMILES string of the molecule is C=C(C)C(=O)NCCCOC(CC(CC)CC)C(CC)(CC)CC(CC)(CC)C(C(=O)O)C(C)(CC)CC. The standard InChI is InChI=1S/C33H63NO4/c1-12-26(13-2)23-27(38-22-20-21-34-29(35)25(9)10)32(16-5,17-6)24-33(18-7,19-8)28(30(36)37)31(11,14-3)15-4/h26-28H,9,12-24H2,1-8,10-11H3,(H,34,35)(H,36,37). The summed E-state index contributed by atoms with van der Waals surface area (Å²) in [5.74, 6) is -0.583. The summed E-state index contributed by atoms with van der Waals surface area (Å²) in [5, 5.41) is 13.6. The molecule has 1 amide bonds. The molecule has 0 bridgehead atoms. The van der Waals surface area contributed by atoms with E-state index in [0.29, 0.717) is 24.6 Å². The first kappa shape index (κ1) is 36.6. The molecule has 0 aromatic carbocycles. The number of carbonyl (C=O) groups is 2. The summed E-state index contributed by atoms with van der Waals surface area (Å²) in [4.78, 5) is 24.9. The van der Waals surface area contributed by atoms with Crippen molar-refractivity contribution in [1.29, 1.82) is 0 Å². The van der Waals surface area contributed by atoms with Crippen LogP contribution in [0.25, 0.3) is 0 Å². The lowest BCUT2D eigenvalue weighted by Crippen LogP contribution is -2.50. The van der Waals surface area contributed by atoms with Gasteiger partial charge in [0.2, 0.25) is 5.91 Å². The normalized spacial score (nSPS) is 14.4. The number of ether oxygens (including phenoxy) is 1. The Morgan fingerprint density at radius 1 is 0.868 bits per heavy atom. The lowest BCUT2D eigenvalue weighted by molar-refractivity contribution is -0.161. The number of carbonyl (C=O) groups excluding carboxylic acids is 1. The average Bonchev–Trinajstić information content (AvgIpc) is 2.92. The van der Waals surface area contributed by atoms with E-state index < -0.39 is 11.9 Å². The van der Waals surface area contributed by atoms with Gasteiger partial charge in [-0.3, -0.25) is 9.59 Å². The number of aliphatic carboxylic acids is 1. The number of nitrogens with one attached hydrogen (secondary N) is 1. The number of rotatable bonds is 22. The van der Waals surface area contributed by atoms with Gasteiger partial charge < -0.3 is 15.2 Å². The van der Waals surface area contributed by atoms with Crippen molar-refractivity contribution < 1.29 is 19.4 Å². The van der Waals surface area contributed by atoms with Crippen LogP contribution in [-0.4, -0.2) is 36.2 Å². The molecule has 0 heterocycles. The molecule has 224 valence electrons. The number of carboxylic acid groups (broad SMARTS) is 1. The maximum atomic E-state index is 13.0. The molecule has 0 rings (SSSR count). The van der Waals surface area contributed by atoms with Gasteiger partial charge in [0.15, 0.2) is 0 Å². The van der Waals surface area contributed by atoms with E-state index in [9.17, 15) is 14.7 Å². The van der Waals surface area contributed by atoms with E-state index in [1.807, 2.05) is 0 Å². The molecule has 0 aromatic heterocycles. The first-order valence-electron chi connectivity index (χ1n) is 15.6. The fourth-order valence-electron chi connectivity index (χ4n) is 6.81. The molecule has 0 aromatic rings. The average molecular weight is 538 g/mol. The zero-order valence-electron chi connectivity index (χ0n) is 26.8. The van der Waals surface area contributed by atoms with Crippen LogP contribution in [0.15, 0.2) is 12.2 Å². The van der Waals surface area contributed by atoms with E-state index in [1.54, 1.807) is 6.92 Å². The van der Waals surface area contributed by atoms with Gasteiger partial charge in [-0.15, -0.1) is 0 Å². The fourth-order valence-corrected chi connectivity index (χ4v) is 6.81. The molecule has 0 saturated carbocycles. The van der Waals surface area contributed by atoms with Crippen molar-refractivity contribution in [3.8, 4) is 0 Å². The fraction of sp³-hybridized carbons (Fsp3) is 0.879. The maximum absolute atomic E-state index is 13.0. The van der Waals surface area contributed by atoms with Crippen LogP contribution in [0.5, 0.6) is 0 Å². The second-order valence-corrected chi connectivity index (χ2v) is 12.1. The Morgan fingerprint density at radius 2 is 1.37 bits per heavy atom. The summed E-state index contributed by atoms with van der Waals surface area (Å²) in [7, 11) is 0. The number of hydrogen-bond acceptors (Lipinski definition) is 3. The molecule has 2 atom stereocenters. The third-order valence-corrected chi connectivity index (χ3v) is 10.4. The molecule has 0 aliphatic heterocycles. The van der Waals surface area contributed by atoms with Crippen molar-refractivity contribution in [3.63, 3.8) is 0 Å². The second-order valence-electron chi connectivity index (χ2n) is 12.1. The van der Waals surface area contributed by atoms with Crippen molar-refractivity contribution in [2.45, 2.75) is 146 Å². The van der Waals surface area contributed by atoms with Gasteiger partial charge in [0.05, 0.1) is 12.0 Å². The maximum Gasteiger partial charge on any atom is 0.307 e. The van der Waals surface area contributed by atoms with Gasteiger partial charge in [-0.25, -0.2) is 0 Å². The van der Waals surface area contributed by atoms with Crippen molar-refractivity contribution in [3.05, 3.63) is 12.2 Å². The Labute approximate surface area is 236 Å². The summed E-state index contributed by atoms with van der Waals surface area (Å²) < 4.78 is 6.76. The lowest BCUT2D eigenvalue weighted by atomic mass is 9.52. The van der Waals surface area contributed by atoms with Crippen LogP contribution < -0.4 is 5.32 Å². The Morgan fingerprint density at radius 3 is 1.74 bits per heavy atom. The van der Waals surface area contributed by atoms with Crippen LogP contribution in [0.2, 0.25) is 0 Å². The monoisotopic (exact) mass is 537 g/mol. The zero-order chi connectivity index (χ0) is 29.6. The summed E-state index contributed by atoms with van der Waals surface area (Å²) in [6, 6.07) is 0. The van der Waals surface area contributed by atoms with E-state index >= 15 is 0 Å². The molecule has 0 aliphatic carbocycles. The Bertz CT molecular complexity index is 700. The number of hydrogen-bond donors (Lipinski definition) is 2. The minimum absolute atomic E-state index is 0.0562. The minimum Gasteiger partial charge on any atom is -0.481 e. The van der Waals surface area contributed by atoms with Gasteiger partial charge in [0, 0.05) is 18.7 Å². The molecular weight excluding hydrogens is 474 g/mol. The summed E-state index contributed by atoms with van der Waals surface area (Å²) >= 11 is 0. The minimum atomic E-state index is -0.647. The van der Waals surface area contributed by atoms with Crippen LogP contribution in [0.4, 0.5) is 0 Å². The van der Waals surface area contributed by atoms with Crippen molar-refractivity contribution in [2.24, 2.45) is 28.1 Å². The quantitative estimate of drug-likeness (QED) is 0.107. The summed E-state index contributed by atoms with van der Waals surface area (Å²) in [6.07, 6.45) is 10.2. The summed E-state index contributed by atoms with van der Waals surface area (Å²) in [5.41, 5.74) is -0.142. The van der Waals surface area contributed by atoms with Gasteiger partial charge in [0.1, 0.15) is 0 Å². The van der Waals surface area contributed by atoms with Crippen LogP contribution in [0.3, 0.4) is 0 Å². The molecule has 38 heavy (non-hydrogen) atoms. The molecule has 2 N–H and O–H groups in total. The topological polar surface area (TPSA) is 75.6 Å². The van der Waals surface area contributed by atoms with Crippen molar-refractivity contribution >= 4 is 11.9 Å². The number of carboxylic acids is 1. The van der Waals surface area contributed by atoms with Crippen molar-refractivity contribution in [1.82, 2.24) is 5.32 Å². The lowest BCUT2D eigenvalue weighted by Gasteiger charge is -2.53. The second kappa shape index (κ2) is 17.4. The van der Waals surface area contributed by atoms with Gasteiger partial charge in [-0.1, -0.05) is 81.7 Å². The molecule has 0 fully saturated rings. The van der Waals surface area contributed by atoms with Crippen LogP contribution in [0.1, 0.15) is 140 Å². The van der Waals surface area contributed by atoms with E-state index in [-0.39, 0.29) is 28.3 Å². The molecule has 0 aliphatic rings. The van der Waals surface area contributed by atoms with Gasteiger partial charge in [-0.05, 0) is 86.9 Å². The molecule has 5 heteroatoms. The van der Waals surface area contributed by atoms with Gasteiger partial charge in [0.25, 0.3) is 0 Å². The third-order valence-electron chi connectivity index (χ3n) is 10.4. The van der Waals surface area contributed by atoms with E-state index in [2.05, 4.69) is 74.2 Å². The third kappa shape index (κ3) is 9.38. The van der Waals surface area contributed by atoms with E-state index in [0.717, 1.165) is 70.6 Å². The Balaban J connectivity index is 6.39. The van der Waals surface area contributed by atoms with Crippen LogP contribution in [0, 0.1) is 28.1 Å². The molecule has 5 nitrogen and oxygen atoms in total. The highest BCUT2D eigenvalue weighted by molar-refractivity contribution is 5.92. The molecular formula is C33H63NO4. The van der Waals surface area contributed by atoms with Gasteiger partial charge >= 0.3 is 5.97 Å². The molecule has 0 saturated heterocycles. The highest BCUT2D eigenvalue weighted by atomic mass is 16.5. The first-order chi connectivity index (χ1) is 17.9. The van der Waals surface area contributed by atoms with E-state index in [1.165, 1.54) is 0 Å². The Kier molecular flexibility index (Phi) is 16.7. The first-order valence-corrected chi connectivity index (χ1v) is 15.6. The molecule has 0 radical (unpaired) electrons. The van der Waals surface area contributed by atoms with Crippen molar-refractivity contribution in [2.75, 3.05) is 13.2 Å². The zero-order valence-corrected chi connectivity index (χ0v) is 26.8. The van der Waals surface area contributed by atoms with Crippen LogP contribution >= 0.6 is 0 Å².